The molecule has 4 rings (SSSR count). The summed E-state index contributed by atoms with van der Waals surface area (Å²) in [5.74, 6) is 0.971. The van der Waals surface area contributed by atoms with Gasteiger partial charge in [-0.25, -0.2) is 13.4 Å². The van der Waals surface area contributed by atoms with Crippen molar-refractivity contribution in [3.05, 3.63) is 42.6 Å². The molecule has 1 fully saturated rings. The molecule has 0 aliphatic carbocycles. The number of fused-ring (bicyclic) bond motifs is 1. The Morgan fingerprint density at radius 2 is 1.88 bits per heavy atom. The van der Waals surface area contributed by atoms with Crippen molar-refractivity contribution in [2.75, 3.05) is 43.0 Å². The first-order valence-corrected chi connectivity index (χ1v) is 9.71. The van der Waals surface area contributed by atoms with Gasteiger partial charge >= 0.3 is 0 Å². The number of piperazine rings is 1. The van der Waals surface area contributed by atoms with Gasteiger partial charge in [0.1, 0.15) is 11.6 Å². The molecule has 0 bridgehead atoms. The number of aromatic nitrogens is 1. The molecule has 8 nitrogen and oxygen atoms in total. The SMILES string of the molecule is O=C1COc2cc(S(=O)(=O)N3CCN(c4ccccn4)CC3)ccc2N1. The number of hydrogen-bond donors (Lipinski definition) is 1. The van der Waals surface area contributed by atoms with Gasteiger partial charge in [-0.05, 0) is 24.3 Å². The molecule has 26 heavy (non-hydrogen) atoms. The largest absolute Gasteiger partial charge is 0.482 e. The van der Waals surface area contributed by atoms with E-state index < -0.39 is 10.0 Å². The summed E-state index contributed by atoms with van der Waals surface area (Å²) in [5.41, 5.74) is 0.486. The maximum absolute atomic E-state index is 12.9. The van der Waals surface area contributed by atoms with Crippen LogP contribution in [0.1, 0.15) is 0 Å². The fourth-order valence-corrected chi connectivity index (χ4v) is 4.50. The summed E-state index contributed by atoms with van der Waals surface area (Å²) in [5, 5.41) is 2.66. The number of carbonyl (C=O) groups excluding carboxylic acids is 1. The predicted molar refractivity (Wildman–Crippen MR) is 95.8 cm³/mol. The first-order chi connectivity index (χ1) is 12.5. The van der Waals surface area contributed by atoms with Gasteiger partial charge in [0.2, 0.25) is 10.0 Å². The van der Waals surface area contributed by atoms with E-state index in [1.165, 1.54) is 16.4 Å². The zero-order chi connectivity index (χ0) is 18.1. The topological polar surface area (TPSA) is 91.8 Å². The number of nitrogens with one attached hydrogen (secondary N) is 1. The highest BCUT2D eigenvalue weighted by atomic mass is 32.2. The van der Waals surface area contributed by atoms with Crippen LogP contribution in [-0.4, -0.2) is 56.4 Å². The molecular formula is C17H18N4O4S. The molecule has 1 aromatic heterocycles. The van der Waals surface area contributed by atoms with E-state index in [-0.39, 0.29) is 17.4 Å². The van der Waals surface area contributed by atoms with Crippen molar-refractivity contribution in [2.24, 2.45) is 0 Å². The maximum Gasteiger partial charge on any atom is 0.262 e. The average Bonchev–Trinajstić information content (AvgIpc) is 2.68. The lowest BCUT2D eigenvalue weighted by Crippen LogP contribution is -2.48. The number of benzene rings is 1. The molecule has 0 unspecified atom stereocenters. The second-order valence-electron chi connectivity index (χ2n) is 6.07. The summed E-state index contributed by atoms with van der Waals surface area (Å²) < 4.78 is 32.6. The minimum atomic E-state index is -3.62. The molecule has 0 spiro atoms. The van der Waals surface area contributed by atoms with Crippen LogP contribution in [0.15, 0.2) is 47.5 Å². The molecule has 0 atom stereocenters. The molecule has 2 aromatic rings. The Labute approximate surface area is 151 Å². The number of amides is 1. The smallest absolute Gasteiger partial charge is 0.262 e. The van der Waals surface area contributed by atoms with Crippen molar-refractivity contribution in [2.45, 2.75) is 4.90 Å². The molecule has 3 heterocycles. The first-order valence-electron chi connectivity index (χ1n) is 8.27. The molecular weight excluding hydrogens is 356 g/mol. The molecule has 136 valence electrons. The van der Waals surface area contributed by atoms with Crippen LogP contribution in [-0.2, 0) is 14.8 Å². The number of pyridine rings is 1. The summed E-state index contributed by atoms with van der Waals surface area (Å²) in [4.78, 5) is 17.9. The Balaban J connectivity index is 1.50. The first kappa shape index (κ1) is 16.8. The highest BCUT2D eigenvalue weighted by Gasteiger charge is 2.30. The van der Waals surface area contributed by atoms with Crippen molar-refractivity contribution < 1.29 is 17.9 Å². The van der Waals surface area contributed by atoms with Crippen molar-refractivity contribution >= 4 is 27.4 Å². The summed E-state index contributed by atoms with van der Waals surface area (Å²) in [6.45, 7) is 1.81. The fraction of sp³-hybridized carbons (Fsp3) is 0.294. The van der Waals surface area contributed by atoms with Crippen LogP contribution in [0.5, 0.6) is 5.75 Å². The lowest BCUT2D eigenvalue weighted by molar-refractivity contribution is -0.118. The Hall–Kier alpha value is -2.65. The van der Waals surface area contributed by atoms with Gasteiger partial charge in [-0.2, -0.15) is 4.31 Å². The number of ether oxygens (including phenoxy) is 1. The second-order valence-corrected chi connectivity index (χ2v) is 8.01. The van der Waals surface area contributed by atoms with Crippen LogP contribution in [0.25, 0.3) is 0 Å². The molecule has 9 heteroatoms. The van der Waals surface area contributed by atoms with Crippen LogP contribution in [0.4, 0.5) is 11.5 Å². The quantitative estimate of drug-likeness (QED) is 0.859. The third kappa shape index (κ3) is 3.11. The van der Waals surface area contributed by atoms with Crippen molar-refractivity contribution in [3.63, 3.8) is 0 Å². The highest BCUT2D eigenvalue weighted by Crippen LogP contribution is 2.31. The van der Waals surface area contributed by atoms with Crippen LogP contribution in [0, 0.1) is 0 Å². The van der Waals surface area contributed by atoms with Crippen LogP contribution < -0.4 is 15.0 Å². The van der Waals surface area contributed by atoms with Crippen molar-refractivity contribution in [1.82, 2.24) is 9.29 Å². The van der Waals surface area contributed by atoms with E-state index in [1.54, 1.807) is 12.3 Å². The summed E-state index contributed by atoms with van der Waals surface area (Å²) in [6, 6.07) is 10.2. The van der Waals surface area contributed by atoms with Crippen LogP contribution in [0.3, 0.4) is 0 Å². The number of carbonyl (C=O) groups is 1. The third-order valence-electron chi connectivity index (χ3n) is 4.44. The number of sulfonamides is 1. The van der Waals surface area contributed by atoms with Gasteiger partial charge in [0.05, 0.1) is 10.6 Å². The van der Waals surface area contributed by atoms with Gasteiger partial charge in [-0.15, -0.1) is 0 Å². The lowest BCUT2D eigenvalue weighted by atomic mass is 10.2. The monoisotopic (exact) mass is 374 g/mol. The van der Waals surface area contributed by atoms with E-state index in [1.807, 2.05) is 18.2 Å². The molecule has 0 radical (unpaired) electrons. The Morgan fingerprint density at radius 3 is 2.62 bits per heavy atom. The highest BCUT2D eigenvalue weighted by molar-refractivity contribution is 7.89. The lowest BCUT2D eigenvalue weighted by Gasteiger charge is -2.34. The summed E-state index contributed by atoms with van der Waals surface area (Å²) >= 11 is 0. The normalized spacial score (nSPS) is 18.0. The molecule has 2 aliphatic heterocycles. The number of hydrogen-bond acceptors (Lipinski definition) is 6. The number of nitrogens with zero attached hydrogens (tertiary/aromatic N) is 3. The van der Waals surface area contributed by atoms with Crippen molar-refractivity contribution in [1.29, 1.82) is 0 Å². The molecule has 2 aliphatic rings. The maximum atomic E-state index is 12.9. The average molecular weight is 374 g/mol. The van der Waals surface area contributed by atoms with Gasteiger partial charge in [-0.3, -0.25) is 4.79 Å². The van der Waals surface area contributed by atoms with Gasteiger partial charge < -0.3 is 15.0 Å². The molecule has 1 saturated heterocycles. The Kier molecular flexibility index (Phi) is 4.25. The molecule has 1 amide bonds. The number of rotatable bonds is 3. The molecule has 1 aromatic carbocycles. The van der Waals surface area contributed by atoms with Crippen LogP contribution in [0.2, 0.25) is 0 Å². The van der Waals surface area contributed by atoms with E-state index in [4.69, 9.17) is 4.74 Å². The van der Waals surface area contributed by atoms with E-state index >= 15 is 0 Å². The Morgan fingerprint density at radius 1 is 1.08 bits per heavy atom. The summed E-state index contributed by atoms with van der Waals surface area (Å²) in [6.07, 6.45) is 1.73. The zero-order valence-electron chi connectivity index (χ0n) is 14.0. The van der Waals surface area contributed by atoms with Gasteiger partial charge in [0, 0.05) is 38.4 Å². The molecule has 0 saturated carbocycles. The summed E-state index contributed by atoms with van der Waals surface area (Å²) in [7, 11) is -3.62. The van der Waals surface area contributed by atoms with E-state index in [9.17, 15) is 13.2 Å². The van der Waals surface area contributed by atoms with Crippen molar-refractivity contribution in [3.8, 4) is 5.75 Å². The minimum Gasteiger partial charge on any atom is -0.482 e. The van der Waals surface area contributed by atoms with E-state index in [0.717, 1.165) is 5.82 Å². The van der Waals surface area contributed by atoms with E-state index in [2.05, 4.69) is 15.2 Å². The second kappa shape index (κ2) is 6.58. The predicted octanol–water partition coefficient (Wildman–Crippen LogP) is 0.923. The molecule has 1 N–H and O–H groups in total. The van der Waals surface area contributed by atoms with Gasteiger partial charge in [-0.1, -0.05) is 6.07 Å². The van der Waals surface area contributed by atoms with E-state index in [0.29, 0.717) is 37.6 Å². The Bertz CT molecular complexity index is 925. The fourth-order valence-electron chi connectivity index (χ4n) is 3.06. The standard InChI is InChI=1S/C17H18N4O4S/c22-17-12-25-15-11-13(4-5-14(15)19-17)26(23,24)21-9-7-20(8-10-21)16-3-1-2-6-18-16/h1-6,11H,7-10,12H2,(H,19,22). The minimum absolute atomic E-state index is 0.112. The van der Waals surface area contributed by atoms with Gasteiger partial charge in [0.25, 0.3) is 5.91 Å². The van der Waals surface area contributed by atoms with Gasteiger partial charge in [0.15, 0.2) is 6.61 Å². The van der Waals surface area contributed by atoms with Crippen LogP contribution >= 0.6 is 0 Å². The zero-order valence-corrected chi connectivity index (χ0v) is 14.8. The third-order valence-corrected chi connectivity index (χ3v) is 6.33. The number of anilines is 2.